The maximum Gasteiger partial charge on any atom is 0.339 e. The van der Waals surface area contributed by atoms with Gasteiger partial charge in [0.05, 0.1) is 4.90 Å². The van der Waals surface area contributed by atoms with Crippen molar-refractivity contribution in [3.63, 3.8) is 0 Å². The minimum absolute atomic E-state index is 0.131. The highest BCUT2D eigenvalue weighted by Crippen LogP contribution is 2.26. The van der Waals surface area contributed by atoms with Gasteiger partial charge in [-0.2, -0.15) is 8.42 Å². The van der Waals surface area contributed by atoms with Gasteiger partial charge in [-0.1, -0.05) is 54.3 Å². The number of benzene rings is 2. The highest BCUT2D eigenvalue weighted by Gasteiger charge is 2.19. The summed E-state index contributed by atoms with van der Waals surface area (Å²) in [5.41, 5.74) is 2.91. The highest BCUT2D eigenvalue weighted by atomic mass is 32.2. The van der Waals surface area contributed by atoms with Crippen LogP contribution in [0.25, 0.3) is 11.3 Å². The lowest BCUT2D eigenvalue weighted by molar-refractivity contribution is -0.657. The van der Waals surface area contributed by atoms with Crippen molar-refractivity contribution in [2.24, 2.45) is 0 Å². The lowest BCUT2D eigenvalue weighted by Crippen LogP contribution is -2.35. The van der Waals surface area contributed by atoms with Gasteiger partial charge in [0.1, 0.15) is 17.9 Å². The average Bonchev–Trinajstić information content (AvgIpc) is 2.98. The van der Waals surface area contributed by atoms with Gasteiger partial charge in [-0.3, -0.25) is 4.55 Å². The summed E-state index contributed by atoms with van der Waals surface area (Å²) in [6.07, 6.45) is 1.83. The van der Waals surface area contributed by atoms with E-state index in [2.05, 4.69) is 21.8 Å². The molecule has 25 heavy (non-hydrogen) atoms. The van der Waals surface area contributed by atoms with Crippen LogP contribution in [-0.2, 0) is 16.7 Å². The van der Waals surface area contributed by atoms with E-state index in [1.165, 1.54) is 12.1 Å². The van der Waals surface area contributed by atoms with Gasteiger partial charge in [0.25, 0.3) is 10.1 Å². The van der Waals surface area contributed by atoms with Crippen LogP contribution in [0, 0.1) is 0 Å². The Morgan fingerprint density at radius 1 is 1.12 bits per heavy atom. The number of anilines is 2. The third-order valence-electron chi connectivity index (χ3n) is 3.60. The summed E-state index contributed by atoms with van der Waals surface area (Å²) < 4.78 is 33.4. The number of aromatic nitrogens is 1. The van der Waals surface area contributed by atoms with Gasteiger partial charge in [-0.25, -0.2) is 9.88 Å². The van der Waals surface area contributed by atoms with Gasteiger partial charge in [0, 0.05) is 10.9 Å². The van der Waals surface area contributed by atoms with E-state index in [-0.39, 0.29) is 4.90 Å². The third kappa shape index (κ3) is 3.96. The summed E-state index contributed by atoms with van der Waals surface area (Å²) in [6.45, 7) is 4.46. The fourth-order valence-electron chi connectivity index (χ4n) is 2.42. The molecule has 1 heterocycles. The van der Waals surface area contributed by atoms with Crippen LogP contribution in [0.4, 0.5) is 10.8 Å². The molecular weight excluding hydrogens is 356 g/mol. The quantitative estimate of drug-likeness (QED) is 0.391. The van der Waals surface area contributed by atoms with Crippen molar-refractivity contribution in [2.45, 2.75) is 11.4 Å². The van der Waals surface area contributed by atoms with Gasteiger partial charge in [-0.15, -0.1) is 0 Å². The first-order valence-corrected chi connectivity index (χ1v) is 9.83. The Kier molecular flexibility index (Phi) is 4.98. The Balaban J connectivity index is 1.93. The first-order chi connectivity index (χ1) is 12.0. The molecular formula is C18H17N2O3S2+. The summed E-state index contributed by atoms with van der Waals surface area (Å²) in [4.78, 5) is -0.131. The van der Waals surface area contributed by atoms with Crippen molar-refractivity contribution in [1.29, 1.82) is 0 Å². The molecule has 0 bridgehead atoms. The molecule has 0 atom stereocenters. The number of hydrogen-bond acceptors (Lipinski definition) is 4. The molecule has 5 nitrogen and oxygen atoms in total. The Morgan fingerprint density at radius 2 is 1.80 bits per heavy atom. The van der Waals surface area contributed by atoms with Crippen molar-refractivity contribution >= 4 is 32.3 Å². The van der Waals surface area contributed by atoms with E-state index < -0.39 is 10.1 Å². The molecule has 0 fully saturated rings. The largest absolute Gasteiger partial charge is 0.339 e. The van der Waals surface area contributed by atoms with Crippen LogP contribution in [-0.4, -0.2) is 13.0 Å². The second-order valence-corrected chi connectivity index (χ2v) is 7.60. The Morgan fingerprint density at radius 3 is 2.40 bits per heavy atom. The molecule has 0 aliphatic carbocycles. The molecule has 3 aromatic rings. The molecule has 0 aliphatic heterocycles. The smallest absolute Gasteiger partial charge is 0.282 e. The van der Waals surface area contributed by atoms with E-state index in [0.717, 1.165) is 22.1 Å². The monoisotopic (exact) mass is 373 g/mol. The summed E-state index contributed by atoms with van der Waals surface area (Å²) in [5, 5.41) is 6.25. The van der Waals surface area contributed by atoms with Crippen LogP contribution in [0.15, 0.2) is 77.5 Å². The van der Waals surface area contributed by atoms with Crippen molar-refractivity contribution in [1.82, 2.24) is 0 Å². The fourth-order valence-corrected chi connectivity index (χ4v) is 3.87. The molecule has 0 saturated carbocycles. The first-order valence-electron chi connectivity index (χ1n) is 7.51. The first kappa shape index (κ1) is 17.3. The molecule has 7 heteroatoms. The second kappa shape index (κ2) is 7.18. The molecule has 3 rings (SSSR count). The predicted molar refractivity (Wildman–Crippen MR) is 99.7 cm³/mol. The molecule has 0 aliphatic rings. The third-order valence-corrected chi connectivity index (χ3v) is 5.36. The number of allylic oxidation sites excluding steroid dienone is 1. The summed E-state index contributed by atoms with van der Waals surface area (Å²) in [7, 11) is -4.18. The van der Waals surface area contributed by atoms with Crippen LogP contribution in [0.2, 0.25) is 0 Å². The maximum absolute atomic E-state index is 11.1. The molecule has 2 N–H and O–H groups in total. The van der Waals surface area contributed by atoms with E-state index in [9.17, 15) is 8.42 Å². The van der Waals surface area contributed by atoms with Crippen LogP contribution in [0.3, 0.4) is 0 Å². The lowest BCUT2D eigenvalue weighted by Gasteiger charge is -2.04. The predicted octanol–water partition coefficient (Wildman–Crippen LogP) is 3.88. The van der Waals surface area contributed by atoms with Crippen LogP contribution in [0.5, 0.6) is 0 Å². The summed E-state index contributed by atoms with van der Waals surface area (Å²) >= 11 is 1.55. The summed E-state index contributed by atoms with van der Waals surface area (Å²) in [5.74, 6) is 0. The molecule has 0 amide bonds. The molecule has 0 spiro atoms. The molecule has 128 valence electrons. The average molecular weight is 373 g/mol. The number of hydrogen-bond donors (Lipinski definition) is 2. The topological polar surface area (TPSA) is 70.3 Å². The number of nitrogens with zero attached hydrogens (tertiary/aromatic N) is 1. The number of thiazole rings is 1. The van der Waals surface area contributed by atoms with E-state index in [1.54, 1.807) is 23.5 Å². The zero-order chi connectivity index (χ0) is 17.9. The van der Waals surface area contributed by atoms with Gasteiger partial charge < -0.3 is 0 Å². The van der Waals surface area contributed by atoms with E-state index in [4.69, 9.17) is 4.55 Å². The molecule has 0 saturated heterocycles. The van der Waals surface area contributed by atoms with Gasteiger partial charge >= 0.3 is 5.13 Å². The zero-order valence-electron chi connectivity index (χ0n) is 13.3. The van der Waals surface area contributed by atoms with Gasteiger partial charge in [0.2, 0.25) is 0 Å². The molecule has 1 aromatic heterocycles. The lowest BCUT2D eigenvalue weighted by atomic mass is 10.2. The highest BCUT2D eigenvalue weighted by molar-refractivity contribution is 7.85. The second-order valence-electron chi connectivity index (χ2n) is 5.32. The normalized spacial score (nSPS) is 11.2. The van der Waals surface area contributed by atoms with Crippen LogP contribution in [0.1, 0.15) is 0 Å². The minimum atomic E-state index is -4.18. The van der Waals surface area contributed by atoms with Crippen molar-refractivity contribution in [3.8, 4) is 11.3 Å². The number of nitrogens with one attached hydrogen (secondary N) is 1. The van der Waals surface area contributed by atoms with Gasteiger partial charge in [-0.05, 0) is 24.3 Å². The Bertz CT molecular complexity index is 979. The standard InChI is InChI=1S/C18H16N2O3S2/c1-2-12-20-17(14-6-4-3-5-7-14)13-24-18(20)19-15-8-10-16(11-9-15)25(21,22)23/h2-11,13H,1,12H2,(H,21,22,23)/p+1. The van der Waals surface area contributed by atoms with Crippen LogP contribution < -0.4 is 9.88 Å². The summed E-state index contributed by atoms with van der Waals surface area (Å²) in [6, 6.07) is 16.0. The van der Waals surface area contributed by atoms with Gasteiger partial charge in [0.15, 0.2) is 0 Å². The molecule has 0 unspecified atom stereocenters. The SMILES string of the molecule is C=CC[n+]1c(-c2ccccc2)csc1Nc1ccc(S(=O)(=O)O)cc1. The minimum Gasteiger partial charge on any atom is -0.282 e. The van der Waals surface area contributed by atoms with Crippen molar-refractivity contribution < 1.29 is 17.5 Å². The van der Waals surface area contributed by atoms with Crippen LogP contribution >= 0.6 is 11.3 Å². The van der Waals surface area contributed by atoms with E-state index >= 15 is 0 Å². The molecule has 0 radical (unpaired) electrons. The van der Waals surface area contributed by atoms with Crippen molar-refractivity contribution in [3.05, 3.63) is 72.6 Å². The maximum atomic E-state index is 11.1. The Hall–Kier alpha value is -2.48. The van der Waals surface area contributed by atoms with E-state index in [0.29, 0.717) is 6.54 Å². The zero-order valence-corrected chi connectivity index (χ0v) is 14.9. The van der Waals surface area contributed by atoms with E-state index in [1.807, 2.05) is 36.4 Å². The Labute approximate surface area is 150 Å². The fraction of sp³-hybridized carbons (Fsp3) is 0.0556. The molecule has 2 aromatic carbocycles. The van der Waals surface area contributed by atoms with Crippen molar-refractivity contribution in [2.75, 3.05) is 5.32 Å². The number of rotatable bonds is 6.